The predicted molar refractivity (Wildman–Crippen MR) is 102 cm³/mol. The lowest BCUT2D eigenvalue weighted by Gasteiger charge is -1.97. The van der Waals surface area contributed by atoms with Crippen LogP contribution in [0.15, 0.2) is 72.8 Å². The average Bonchev–Trinajstić information content (AvgIpc) is 2.67. The third-order valence-electron chi connectivity index (χ3n) is 3.57. The van der Waals surface area contributed by atoms with Crippen LogP contribution in [-0.2, 0) is 0 Å². The molecule has 0 spiro atoms. The molecule has 0 bridgehead atoms. The molecule has 4 heteroatoms. The van der Waals surface area contributed by atoms with Gasteiger partial charge in [0.2, 0.25) is 0 Å². The van der Waals surface area contributed by atoms with Crippen molar-refractivity contribution in [1.29, 1.82) is 0 Å². The van der Waals surface area contributed by atoms with Crippen LogP contribution in [-0.4, -0.2) is 4.92 Å². The van der Waals surface area contributed by atoms with Gasteiger partial charge in [-0.3, -0.25) is 10.1 Å². The van der Waals surface area contributed by atoms with Crippen molar-refractivity contribution in [3.8, 4) is 23.7 Å². The van der Waals surface area contributed by atoms with E-state index in [1.165, 1.54) is 6.07 Å². The lowest BCUT2D eigenvalue weighted by molar-refractivity contribution is -0.385. The van der Waals surface area contributed by atoms with E-state index in [1.807, 2.05) is 30.3 Å². The molecule has 0 aliphatic carbocycles. The van der Waals surface area contributed by atoms with E-state index in [-0.39, 0.29) is 5.69 Å². The molecule has 2 N–H and O–H groups in total. The zero-order chi connectivity index (χ0) is 18.4. The highest BCUT2D eigenvalue weighted by Crippen LogP contribution is 2.19. The van der Waals surface area contributed by atoms with Gasteiger partial charge in [-0.25, -0.2) is 0 Å². The second kappa shape index (κ2) is 7.70. The van der Waals surface area contributed by atoms with Crippen molar-refractivity contribution in [2.45, 2.75) is 0 Å². The third kappa shape index (κ3) is 4.29. The van der Waals surface area contributed by atoms with Crippen molar-refractivity contribution in [2.75, 3.05) is 5.73 Å². The SMILES string of the molecule is Nc1ccc(C#Cc2ccc(C#Cc3ccccc3)cc2[N+](=O)[O-])cc1. The molecule has 0 atom stereocenters. The number of nitro groups is 1. The Balaban J connectivity index is 1.92. The predicted octanol–water partition coefficient (Wildman–Crippen LogP) is 3.98. The summed E-state index contributed by atoms with van der Waals surface area (Å²) in [4.78, 5) is 10.9. The normalized spacial score (nSPS) is 9.38. The number of hydrogen-bond donors (Lipinski definition) is 1. The van der Waals surface area contributed by atoms with Crippen molar-refractivity contribution < 1.29 is 4.92 Å². The van der Waals surface area contributed by atoms with Crippen LogP contribution in [0.4, 0.5) is 11.4 Å². The molecular formula is C22H14N2O2. The zero-order valence-electron chi connectivity index (χ0n) is 13.8. The Morgan fingerprint density at radius 1 is 0.731 bits per heavy atom. The lowest BCUT2D eigenvalue weighted by Crippen LogP contribution is -1.93. The Kier molecular flexibility index (Phi) is 4.98. The molecule has 3 rings (SSSR count). The Labute approximate surface area is 151 Å². The fourth-order valence-corrected chi connectivity index (χ4v) is 2.24. The van der Waals surface area contributed by atoms with Gasteiger partial charge < -0.3 is 5.73 Å². The van der Waals surface area contributed by atoms with Gasteiger partial charge in [0, 0.05) is 28.4 Å². The molecule has 124 valence electrons. The van der Waals surface area contributed by atoms with Crippen LogP contribution < -0.4 is 5.73 Å². The van der Waals surface area contributed by atoms with Gasteiger partial charge in [-0.2, -0.15) is 0 Å². The molecule has 0 heterocycles. The minimum atomic E-state index is -0.444. The summed E-state index contributed by atoms with van der Waals surface area (Å²) in [6.45, 7) is 0. The molecule has 3 aromatic rings. The molecule has 0 amide bonds. The van der Waals surface area contributed by atoms with Gasteiger partial charge in [0.1, 0.15) is 5.56 Å². The quantitative estimate of drug-likeness (QED) is 0.316. The van der Waals surface area contributed by atoms with E-state index >= 15 is 0 Å². The fourth-order valence-electron chi connectivity index (χ4n) is 2.24. The number of nitro benzene ring substituents is 1. The molecule has 0 saturated carbocycles. The Hall–Kier alpha value is -4.02. The molecule has 3 aromatic carbocycles. The van der Waals surface area contributed by atoms with E-state index in [0.717, 1.165) is 11.1 Å². The Morgan fingerprint density at radius 3 is 2.00 bits per heavy atom. The van der Waals surface area contributed by atoms with E-state index in [4.69, 9.17) is 5.73 Å². The number of anilines is 1. The second-order valence-corrected chi connectivity index (χ2v) is 5.48. The summed E-state index contributed by atoms with van der Waals surface area (Å²) in [6.07, 6.45) is 0. The summed E-state index contributed by atoms with van der Waals surface area (Å²) in [6, 6.07) is 21.3. The largest absolute Gasteiger partial charge is 0.399 e. The average molecular weight is 338 g/mol. The first-order valence-electron chi connectivity index (χ1n) is 7.85. The van der Waals surface area contributed by atoms with Gasteiger partial charge >= 0.3 is 0 Å². The van der Waals surface area contributed by atoms with Crippen LogP contribution >= 0.6 is 0 Å². The number of benzene rings is 3. The van der Waals surface area contributed by atoms with Crippen LogP contribution in [0.3, 0.4) is 0 Å². The maximum absolute atomic E-state index is 11.4. The van der Waals surface area contributed by atoms with E-state index in [1.54, 1.807) is 36.4 Å². The van der Waals surface area contributed by atoms with Crippen molar-refractivity contribution in [3.05, 3.63) is 105 Å². The molecule has 26 heavy (non-hydrogen) atoms. The van der Waals surface area contributed by atoms with E-state index in [2.05, 4.69) is 23.7 Å². The summed E-state index contributed by atoms with van der Waals surface area (Å²) in [5, 5.41) is 11.4. The van der Waals surface area contributed by atoms with Crippen LogP contribution in [0, 0.1) is 33.8 Å². The number of nitrogens with zero attached hydrogens (tertiary/aromatic N) is 1. The van der Waals surface area contributed by atoms with Crippen LogP contribution in [0.25, 0.3) is 0 Å². The van der Waals surface area contributed by atoms with Crippen molar-refractivity contribution in [1.82, 2.24) is 0 Å². The number of nitrogens with two attached hydrogens (primary N) is 1. The van der Waals surface area contributed by atoms with E-state index in [9.17, 15) is 10.1 Å². The maximum Gasteiger partial charge on any atom is 0.286 e. The van der Waals surface area contributed by atoms with E-state index in [0.29, 0.717) is 16.8 Å². The number of hydrogen-bond acceptors (Lipinski definition) is 3. The van der Waals surface area contributed by atoms with Gasteiger partial charge in [-0.1, -0.05) is 41.9 Å². The highest BCUT2D eigenvalue weighted by atomic mass is 16.6. The number of nitrogen functional groups attached to an aromatic ring is 1. The summed E-state index contributed by atoms with van der Waals surface area (Å²) < 4.78 is 0. The van der Waals surface area contributed by atoms with Gasteiger partial charge in [0.15, 0.2) is 0 Å². The standard InChI is InChI=1S/C22H14N2O2/c23-21-14-10-18(11-15-21)8-12-20-13-9-19(16-22(20)24(25)26)7-6-17-4-2-1-3-5-17/h1-5,9-11,13-16H,23H2. The lowest BCUT2D eigenvalue weighted by atomic mass is 10.1. The number of rotatable bonds is 1. The highest BCUT2D eigenvalue weighted by Gasteiger charge is 2.12. The minimum absolute atomic E-state index is 0.0622. The van der Waals surface area contributed by atoms with Gasteiger partial charge in [0.05, 0.1) is 4.92 Å². The Morgan fingerprint density at radius 2 is 1.31 bits per heavy atom. The summed E-state index contributed by atoms with van der Waals surface area (Å²) >= 11 is 0. The summed E-state index contributed by atoms with van der Waals surface area (Å²) in [7, 11) is 0. The fraction of sp³-hybridized carbons (Fsp3) is 0. The smallest absolute Gasteiger partial charge is 0.286 e. The first kappa shape index (κ1) is 16.8. The molecular weight excluding hydrogens is 324 g/mol. The van der Waals surface area contributed by atoms with Crippen molar-refractivity contribution in [3.63, 3.8) is 0 Å². The van der Waals surface area contributed by atoms with Gasteiger partial charge in [-0.15, -0.1) is 0 Å². The van der Waals surface area contributed by atoms with Gasteiger partial charge in [0.25, 0.3) is 5.69 Å². The molecule has 0 aromatic heterocycles. The molecule has 0 unspecified atom stereocenters. The topological polar surface area (TPSA) is 69.2 Å². The first-order valence-corrected chi connectivity index (χ1v) is 7.85. The molecule has 0 saturated heterocycles. The van der Waals surface area contributed by atoms with Crippen molar-refractivity contribution in [2.24, 2.45) is 0 Å². The van der Waals surface area contributed by atoms with E-state index < -0.39 is 4.92 Å². The molecule has 0 aliphatic heterocycles. The second-order valence-electron chi connectivity index (χ2n) is 5.48. The molecule has 0 aliphatic rings. The first-order chi connectivity index (χ1) is 12.6. The van der Waals surface area contributed by atoms with Crippen LogP contribution in [0.1, 0.15) is 22.3 Å². The molecule has 4 nitrogen and oxygen atoms in total. The van der Waals surface area contributed by atoms with Crippen LogP contribution in [0.2, 0.25) is 0 Å². The zero-order valence-corrected chi connectivity index (χ0v) is 13.8. The molecule has 0 fully saturated rings. The summed E-state index contributed by atoms with van der Waals surface area (Å²) in [5.41, 5.74) is 8.71. The van der Waals surface area contributed by atoms with Crippen molar-refractivity contribution >= 4 is 11.4 Å². The highest BCUT2D eigenvalue weighted by molar-refractivity contribution is 5.58. The summed E-state index contributed by atoms with van der Waals surface area (Å²) in [5.74, 6) is 11.7. The van der Waals surface area contributed by atoms with Gasteiger partial charge in [-0.05, 0) is 48.5 Å². The molecule has 0 radical (unpaired) electrons. The Bertz CT molecular complexity index is 1060. The van der Waals surface area contributed by atoms with Crippen LogP contribution in [0.5, 0.6) is 0 Å². The third-order valence-corrected chi connectivity index (χ3v) is 3.57. The monoisotopic (exact) mass is 338 g/mol. The maximum atomic E-state index is 11.4. The minimum Gasteiger partial charge on any atom is -0.399 e.